The maximum atomic E-state index is 6.10. The van der Waals surface area contributed by atoms with Crippen LogP contribution in [0.1, 0.15) is 76.7 Å². The largest absolute Gasteiger partial charge is 0.476 e. The summed E-state index contributed by atoms with van der Waals surface area (Å²) in [6, 6.07) is 5.35. The molecule has 3 aromatic rings. The molecule has 0 fully saturated rings. The minimum absolute atomic E-state index is 0.573. The van der Waals surface area contributed by atoms with Crippen molar-refractivity contribution >= 4 is 28.8 Å². The fourth-order valence-electron chi connectivity index (χ4n) is 3.62. The van der Waals surface area contributed by atoms with Gasteiger partial charge in [-0.15, -0.1) is 5.10 Å². The molecule has 0 radical (unpaired) electrons. The molecular weight excluding hydrogens is 419 g/mol. The number of aryl methyl sites for hydroxylation is 1. The topological polar surface area (TPSA) is 55.2 Å². The SMILES string of the molecule is CCCCCCCCCCCCOc1nn2[nH]c(-c3cc(Cl)cc(Cl)c3)nc2c1C. The Bertz CT molecular complexity index is 915. The Morgan fingerprint density at radius 2 is 1.50 bits per heavy atom. The summed E-state index contributed by atoms with van der Waals surface area (Å²) in [6.07, 6.45) is 13.1. The molecule has 0 aliphatic carbocycles. The number of benzene rings is 1. The maximum absolute atomic E-state index is 6.10. The third-order valence-corrected chi connectivity index (χ3v) is 5.79. The number of hydrogen-bond acceptors (Lipinski definition) is 3. The van der Waals surface area contributed by atoms with Crippen molar-refractivity contribution < 1.29 is 4.74 Å². The molecule has 0 aliphatic heterocycles. The fraction of sp³-hybridized carbons (Fsp3) is 0.565. The zero-order chi connectivity index (χ0) is 21.3. The quantitative estimate of drug-likeness (QED) is 0.272. The van der Waals surface area contributed by atoms with E-state index in [-0.39, 0.29) is 0 Å². The Morgan fingerprint density at radius 1 is 0.900 bits per heavy atom. The van der Waals surface area contributed by atoms with Crippen LogP contribution in [0.2, 0.25) is 10.0 Å². The van der Waals surface area contributed by atoms with Crippen LogP contribution in [0.25, 0.3) is 17.0 Å². The van der Waals surface area contributed by atoms with Crippen molar-refractivity contribution in [2.24, 2.45) is 0 Å². The molecule has 1 aromatic carbocycles. The van der Waals surface area contributed by atoms with E-state index in [9.17, 15) is 0 Å². The Kier molecular flexibility index (Phi) is 8.88. The maximum Gasteiger partial charge on any atom is 0.240 e. The molecule has 7 heteroatoms. The average Bonchev–Trinajstić information content (AvgIpc) is 3.25. The van der Waals surface area contributed by atoms with Crippen molar-refractivity contribution in [1.82, 2.24) is 19.8 Å². The van der Waals surface area contributed by atoms with Gasteiger partial charge in [-0.2, -0.15) is 4.63 Å². The second-order valence-corrected chi connectivity index (χ2v) is 8.80. The number of nitrogens with one attached hydrogen (secondary N) is 1. The van der Waals surface area contributed by atoms with E-state index in [1.165, 1.54) is 57.8 Å². The average molecular weight is 451 g/mol. The minimum Gasteiger partial charge on any atom is -0.476 e. The van der Waals surface area contributed by atoms with E-state index >= 15 is 0 Å². The van der Waals surface area contributed by atoms with Gasteiger partial charge in [0.1, 0.15) is 0 Å². The zero-order valence-electron chi connectivity index (χ0n) is 18.0. The van der Waals surface area contributed by atoms with E-state index in [0.29, 0.717) is 28.4 Å². The van der Waals surface area contributed by atoms with Gasteiger partial charge in [0.05, 0.1) is 12.2 Å². The second kappa shape index (κ2) is 11.6. The van der Waals surface area contributed by atoms with Crippen molar-refractivity contribution in [3.05, 3.63) is 33.8 Å². The van der Waals surface area contributed by atoms with Crippen LogP contribution in [0, 0.1) is 6.92 Å². The molecule has 5 nitrogen and oxygen atoms in total. The summed E-state index contributed by atoms with van der Waals surface area (Å²) in [7, 11) is 0. The van der Waals surface area contributed by atoms with E-state index in [4.69, 9.17) is 27.9 Å². The first-order valence-corrected chi connectivity index (χ1v) is 11.9. The summed E-state index contributed by atoms with van der Waals surface area (Å²) < 4.78 is 7.55. The minimum atomic E-state index is 0.573. The van der Waals surface area contributed by atoms with Gasteiger partial charge in [-0.1, -0.05) is 87.9 Å². The molecule has 0 bridgehead atoms. The van der Waals surface area contributed by atoms with Crippen LogP contribution in [0.4, 0.5) is 0 Å². The molecular formula is C23H32Cl2N4O. The number of halogens is 2. The van der Waals surface area contributed by atoms with Gasteiger partial charge < -0.3 is 4.74 Å². The first-order valence-electron chi connectivity index (χ1n) is 11.1. The molecule has 0 spiro atoms. The summed E-state index contributed by atoms with van der Waals surface area (Å²) in [5.41, 5.74) is 2.50. The number of fused-ring (bicyclic) bond motifs is 1. The third kappa shape index (κ3) is 6.39. The van der Waals surface area contributed by atoms with Crippen LogP contribution in [0.15, 0.2) is 18.2 Å². The van der Waals surface area contributed by atoms with Gasteiger partial charge in [0.15, 0.2) is 11.5 Å². The molecule has 0 atom stereocenters. The van der Waals surface area contributed by atoms with E-state index in [1.807, 2.05) is 19.1 Å². The fourth-order valence-corrected chi connectivity index (χ4v) is 4.15. The van der Waals surface area contributed by atoms with Gasteiger partial charge in [-0.3, -0.25) is 5.10 Å². The highest BCUT2D eigenvalue weighted by Crippen LogP contribution is 2.27. The first-order chi connectivity index (χ1) is 14.6. The van der Waals surface area contributed by atoms with Crippen LogP contribution in [-0.2, 0) is 0 Å². The lowest BCUT2D eigenvalue weighted by atomic mass is 10.1. The molecule has 0 amide bonds. The van der Waals surface area contributed by atoms with E-state index in [0.717, 1.165) is 23.2 Å². The standard InChI is InChI=1S/C23H32Cl2N4O/c1-3-4-5-6-7-8-9-10-11-12-13-30-23-17(2)22-26-21(27-29(22)28-23)18-14-19(24)16-20(25)15-18/h14-16H,3-13H2,1-2H3,(H,26,27). The van der Waals surface area contributed by atoms with Gasteiger partial charge in [0.25, 0.3) is 0 Å². The first kappa shape index (κ1) is 23.0. The lowest BCUT2D eigenvalue weighted by Gasteiger charge is -2.04. The number of ether oxygens (including phenoxy) is 1. The number of nitrogens with zero attached hydrogens (tertiary/aromatic N) is 3. The van der Waals surface area contributed by atoms with Crippen LogP contribution in [0.5, 0.6) is 5.88 Å². The molecule has 30 heavy (non-hydrogen) atoms. The molecule has 2 aromatic heterocycles. The lowest BCUT2D eigenvalue weighted by molar-refractivity contribution is 0.289. The molecule has 0 unspecified atom stereocenters. The summed E-state index contributed by atoms with van der Waals surface area (Å²) in [5, 5.41) is 8.81. The van der Waals surface area contributed by atoms with Gasteiger partial charge >= 0.3 is 0 Å². The normalized spacial score (nSPS) is 11.5. The van der Waals surface area contributed by atoms with E-state index in [2.05, 4.69) is 22.1 Å². The van der Waals surface area contributed by atoms with Crippen LogP contribution < -0.4 is 4.74 Å². The molecule has 1 N–H and O–H groups in total. The number of hydrogen-bond donors (Lipinski definition) is 1. The number of unbranched alkanes of at least 4 members (excludes halogenated alkanes) is 9. The van der Waals surface area contributed by atoms with Crippen molar-refractivity contribution in [1.29, 1.82) is 0 Å². The zero-order valence-corrected chi connectivity index (χ0v) is 19.5. The summed E-state index contributed by atoms with van der Waals surface area (Å²) in [5.74, 6) is 1.31. The monoisotopic (exact) mass is 450 g/mol. The Balaban J connectivity index is 1.42. The van der Waals surface area contributed by atoms with Gasteiger partial charge in [0, 0.05) is 15.6 Å². The smallest absolute Gasteiger partial charge is 0.240 e. The highest BCUT2D eigenvalue weighted by Gasteiger charge is 2.15. The number of H-pyrrole nitrogens is 1. The van der Waals surface area contributed by atoms with Gasteiger partial charge in [0.2, 0.25) is 5.88 Å². The lowest BCUT2D eigenvalue weighted by Crippen LogP contribution is -1.99. The molecule has 3 rings (SSSR count). The second-order valence-electron chi connectivity index (χ2n) is 7.93. The predicted molar refractivity (Wildman–Crippen MR) is 125 cm³/mol. The van der Waals surface area contributed by atoms with Crippen molar-refractivity contribution in [2.45, 2.75) is 78.1 Å². The number of aromatic amines is 1. The Labute approximate surface area is 189 Å². The van der Waals surface area contributed by atoms with Crippen LogP contribution in [-0.4, -0.2) is 26.4 Å². The van der Waals surface area contributed by atoms with Crippen molar-refractivity contribution in [2.75, 3.05) is 6.61 Å². The highest BCUT2D eigenvalue weighted by atomic mass is 35.5. The van der Waals surface area contributed by atoms with Crippen molar-refractivity contribution in [3.8, 4) is 17.3 Å². The van der Waals surface area contributed by atoms with E-state index < -0.39 is 0 Å². The molecule has 0 aliphatic rings. The highest BCUT2D eigenvalue weighted by molar-refractivity contribution is 6.35. The summed E-state index contributed by atoms with van der Waals surface area (Å²) in [6.45, 7) is 4.93. The van der Waals surface area contributed by atoms with Gasteiger partial charge in [-0.25, -0.2) is 4.98 Å². The number of aromatic nitrogens is 4. The molecule has 0 saturated carbocycles. The third-order valence-electron chi connectivity index (χ3n) is 5.35. The molecule has 0 saturated heterocycles. The number of rotatable bonds is 13. The molecule has 164 valence electrons. The van der Waals surface area contributed by atoms with E-state index in [1.54, 1.807) is 10.7 Å². The van der Waals surface area contributed by atoms with Crippen LogP contribution in [0.3, 0.4) is 0 Å². The Morgan fingerprint density at radius 3 is 2.10 bits per heavy atom. The summed E-state index contributed by atoms with van der Waals surface area (Å²) in [4.78, 5) is 4.64. The van der Waals surface area contributed by atoms with Gasteiger partial charge in [-0.05, 0) is 31.5 Å². The van der Waals surface area contributed by atoms with Crippen molar-refractivity contribution in [3.63, 3.8) is 0 Å². The Hall–Kier alpha value is -1.72. The van der Waals surface area contributed by atoms with Crippen LogP contribution >= 0.6 is 23.2 Å². The summed E-state index contributed by atoms with van der Waals surface area (Å²) >= 11 is 12.2. The molecule has 2 heterocycles. The predicted octanol–water partition coefficient (Wildman–Crippen LogP) is 7.64.